The highest BCUT2D eigenvalue weighted by atomic mass is 32.2. The lowest BCUT2D eigenvalue weighted by Gasteiger charge is -2.31. The van der Waals surface area contributed by atoms with Gasteiger partial charge >= 0.3 is 0 Å². The largest absolute Gasteiger partial charge is 0.497 e. The maximum Gasteiger partial charge on any atom is 0.274 e. The number of carbonyl (C=O) groups is 1. The van der Waals surface area contributed by atoms with Crippen LogP contribution in [0.5, 0.6) is 10.9 Å². The van der Waals surface area contributed by atoms with Crippen LogP contribution in [0.1, 0.15) is 31.2 Å². The molecular weight excluding hydrogens is 428 g/mol. The number of ether oxygens (including phenoxy) is 2. The van der Waals surface area contributed by atoms with Gasteiger partial charge in [0.25, 0.3) is 5.19 Å². The number of aromatic nitrogens is 1. The van der Waals surface area contributed by atoms with Crippen molar-refractivity contribution in [2.45, 2.75) is 43.6 Å². The van der Waals surface area contributed by atoms with Crippen molar-refractivity contribution in [3.63, 3.8) is 0 Å². The molecule has 2 aromatic carbocycles. The summed E-state index contributed by atoms with van der Waals surface area (Å²) >= 11 is 3.38. The van der Waals surface area contributed by atoms with Gasteiger partial charge in [0.15, 0.2) is 0 Å². The van der Waals surface area contributed by atoms with Crippen LogP contribution in [0.25, 0.3) is 10.2 Å². The summed E-state index contributed by atoms with van der Waals surface area (Å²) in [6, 6.07) is 14.3. The molecule has 0 bridgehead atoms. The molecule has 0 radical (unpaired) electrons. The summed E-state index contributed by atoms with van der Waals surface area (Å²) < 4.78 is 12.5. The Labute approximate surface area is 191 Å². The van der Waals surface area contributed by atoms with Gasteiger partial charge in [-0.05, 0) is 55.0 Å². The molecule has 164 valence electrons. The Bertz CT molecular complexity index is 1010. The monoisotopic (exact) mass is 456 g/mol. The molecule has 1 aliphatic heterocycles. The maximum atomic E-state index is 12.6. The number of aryl methyl sites for hydroxylation is 1. The van der Waals surface area contributed by atoms with E-state index in [0.29, 0.717) is 6.42 Å². The molecule has 1 amide bonds. The van der Waals surface area contributed by atoms with E-state index in [1.165, 1.54) is 10.5 Å². The molecule has 5 nitrogen and oxygen atoms in total. The van der Waals surface area contributed by atoms with Crippen molar-refractivity contribution in [1.82, 2.24) is 9.88 Å². The molecule has 31 heavy (non-hydrogen) atoms. The standard InChI is InChI=1S/C24H28N2O3S2/c1-17-5-3-6-21-23(17)25-24(31-21)29-19-12-14-26(15-13-19)22(27)7-4-16-30-20-10-8-18(28-2)9-11-20/h3,5-6,8-11,19H,4,7,12-16H2,1-2H3. The fourth-order valence-corrected chi connectivity index (χ4v) is 5.54. The van der Waals surface area contributed by atoms with Crippen LogP contribution < -0.4 is 9.47 Å². The summed E-state index contributed by atoms with van der Waals surface area (Å²) in [6.45, 7) is 3.60. The minimum Gasteiger partial charge on any atom is -0.497 e. The quantitative estimate of drug-likeness (QED) is 0.328. The van der Waals surface area contributed by atoms with Gasteiger partial charge < -0.3 is 14.4 Å². The van der Waals surface area contributed by atoms with Crippen molar-refractivity contribution in [1.29, 1.82) is 0 Å². The van der Waals surface area contributed by atoms with Gasteiger partial charge in [-0.3, -0.25) is 4.79 Å². The van der Waals surface area contributed by atoms with Gasteiger partial charge in [-0.15, -0.1) is 11.8 Å². The Kier molecular flexibility index (Phi) is 7.35. The number of fused-ring (bicyclic) bond motifs is 1. The molecule has 3 aromatic rings. The van der Waals surface area contributed by atoms with E-state index in [9.17, 15) is 4.79 Å². The predicted molar refractivity (Wildman–Crippen MR) is 128 cm³/mol. The Morgan fingerprint density at radius 2 is 1.97 bits per heavy atom. The summed E-state index contributed by atoms with van der Waals surface area (Å²) in [4.78, 5) is 20.4. The van der Waals surface area contributed by atoms with Gasteiger partial charge in [0, 0.05) is 37.2 Å². The predicted octanol–water partition coefficient (Wildman–Crippen LogP) is 5.56. The molecular formula is C24H28N2O3S2. The molecule has 0 atom stereocenters. The van der Waals surface area contributed by atoms with Gasteiger partial charge in [0.2, 0.25) is 5.91 Å². The van der Waals surface area contributed by atoms with E-state index in [1.807, 2.05) is 17.0 Å². The molecule has 0 spiro atoms. The highest BCUT2D eigenvalue weighted by Crippen LogP contribution is 2.31. The number of piperidine rings is 1. The topological polar surface area (TPSA) is 51.7 Å². The Balaban J connectivity index is 1.17. The van der Waals surface area contributed by atoms with Crippen molar-refractivity contribution in [2.75, 3.05) is 26.0 Å². The zero-order valence-electron chi connectivity index (χ0n) is 18.0. The van der Waals surface area contributed by atoms with Gasteiger partial charge in [-0.25, -0.2) is 4.98 Å². The van der Waals surface area contributed by atoms with Crippen molar-refractivity contribution in [3.05, 3.63) is 48.0 Å². The first kappa shape index (κ1) is 22.0. The van der Waals surface area contributed by atoms with Crippen molar-refractivity contribution in [3.8, 4) is 10.9 Å². The van der Waals surface area contributed by atoms with E-state index >= 15 is 0 Å². The second kappa shape index (κ2) is 10.4. The summed E-state index contributed by atoms with van der Waals surface area (Å²) in [7, 11) is 1.67. The van der Waals surface area contributed by atoms with Crippen LogP contribution in [0, 0.1) is 6.92 Å². The number of methoxy groups -OCH3 is 1. The number of benzene rings is 2. The molecule has 0 aliphatic carbocycles. The van der Waals surface area contributed by atoms with Crippen LogP contribution in [0.3, 0.4) is 0 Å². The Hall–Kier alpha value is -2.25. The smallest absolute Gasteiger partial charge is 0.274 e. The molecule has 0 saturated carbocycles. The third kappa shape index (κ3) is 5.71. The van der Waals surface area contributed by atoms with Crippen molar-refractivity contribution >= 4 is 39.2 Å². The van der Waals surface area contributed by atoms with Crippen LogP contribution in [-0.2, 0) is 4.79 Å². The molecule has 1 saturated heterocycles. The minimum atomic E-state index is 0.135. The number of likely N-dealkylation sites (tertiary alicyclic amines) is 1. The number of thioether (sulfide) groups is 1. The lowest BCUT2D eigenvalue weighted by atomic mass is 10.1. The molecule has 1 aromatic heterocycles. The molecule has 7 heteroatoms. The van der Waals surface area contributed by atoms with Crippen molar-refractivity contribution < 1.29 is 14.3 Å². The highest BCUT2D eigenvalue weighted by molar-refractivity contribution is 7.99. The number of thiazole rings is 1. The number of amides is 1. The number of carbonyl (C=O) groups excluding carboxylic acids is 1. The van der Waals surface area contributed by atoms with Crippen LogP contribution in [0.2, 0.25) is 0 Å². The SMILES string of the molecule is COc1ccc(SCCCC(=O)N2CCC(Oc3nc4c(C)cccc4s3)CC2)cc1. The lowest BCUT2D eigenvalue weighted by molar-refractivity contribution is -0.133. The second-order valence-corrected chi connectivity index (χ2v) is 9.89. The van der Waals surface area contributed by atoms with Crippen LogP contribution >= 0.6 is 23.1 Å². The highest BCUT2D eigenvalue weighted by Gasteiger charge is 2.24. The second-order valence-electron chi connectivity index (χ2n) is 7.73. The minimum absolute atomic E-state index is 0.135. The van der Waals surface area contributed by atoms with Crippen LogP contribution in [0.15, 0.2) is 47.4 Å². The summed E-state index contributed by atoms with van der Waals surface area (Å²) in [6.07, 6.45) is 3.35. The normalized spacial score (nSPS) is 14.7. The van der Waals surface area contributed by atoms with Gasteiger partial charge in [-0.2, -0.15) is 0 Å². The summed E-state index contributed by atoms with van der Waals surface area (Å²) in [5.74, 6) is 2.06. The first-order valence-electron chi connectivity index (χ1n) is 10.7. The van der Waals surface area contributed by atoms with E-state index in [2.05, 4.69) is 42.2 Å². The molecule has 4 rings (SSSR count). The van der Waals surface area contributed by atoms with Crippen LogP contribution in [-0.4, -0.2) is 47.8 Å². The first-order valence-corrected chi connectivity index (χ1v) is 12.5. The van der Waals surface area contributed by atoms with E-state index in [0.717, 1.165) is 59.3 Å². The average molecular weight is 457 g/mol. The van der Waals surface area contributed by atoms with Gasteiger partial charge in [-0.1, -0.05) is 23.5 Å². The summed E-state index contributed by atoms with van der Waals surface area (Å²) in [5, 5.41) is 0.740. The zero-order valence-corrected chi connectivity index (χ0v) is 19.6. The third-order valence-electron chi connectivity index (χ3n) is 5.53. The zero-order chi connectivity index (χ0) is 21.6. The molecule has 0 N–H and O–H groups in total. The number of para-hydroxylation sites is 1. The Morgan fingerprint density at radius 3 is 2.68 bits per heavy atom. The van der Waals surface area contributed by atoms with E-state index < -0.39 is 0 Å². The molecule has 1 aliphatic rings. The average Bonchev–Trinajstić information content (AvgIpc) is 3.21. The number of nitrogens with zero attached hydrogens (tertiary/aromatic N) is 2. The van der Waals surface area contributed by atoms with Crippen LogP contribution in [0.4, 0.5) is 0 Å². The number of rotatable bonds is 8. The van der Waals surface area contributed by atoms with Gasteiger partial charge in [0.1, 0.15) is 11.9 Å². The van der Waals surface area contributed by atoms with E-state index in [4.69, 9.17) is 9.47 Å². The molecule has 0 unspecified atom stereocenters. The number of hydrogen-bond acceptors (Lipinski definition) is 6. The molecule has 1 fully saturated rings. The van der Waals surface area contributed by atoms with Crippen molar-refractivity contribution in [2.24, 2.45) is 0 Å². The third-order valence-corrected chi connectivity index (χ3v) is 7.54. The maximum absolute atomic E-state index is 12.6. The first-order chi connectivity index (χ1) is 15.1. The van der Waals surface area contributed by atoms with Gasteiger partial charge in [0.05, 0.1) is 17.3 Å². The van der Waals surface area contributed by atoms with E-state index in [-0.39, 0.29) is 12.0 Å². The number of hydrogen-bond donors (Lipinski definition) is 0. The molecule has 2 heterocycles. The fourth-order valence-electron chi connectivity index (χ4n) is 3.73. The summed E-state index contributed by atoms with van der Waals surface area (Å²) in [5.41, 5.74) is 2.21. The Morgan fingerprint density at radius 1 is 1.19 bits per heavy atom. The fraction of sp³-hybridized carbons (Fsp3) is 0.417. The van der Waals surface area contributed by atoms with E-state index in [1.54, 1.807) is 30.2 Å². The lowest BCUT2D eigenvalue weighted by Crippen LogP contribution is -2.41.